The maximum atomic E-state index is 12.9. The average Bonchev–Trinajstić information content (AvgIpc) is 3.17. The van der Waals surface area contributed by atoms with Crippen LogP contribution in [-0.4, -0.2) is 37.2 Å². The number of benzene rings is 1. The minimum Gasteiger partial charge on any atom is -0.370 e. The molecule has 0 amide bonds. The number of anilines is 1. The number of hydrogen-bond acceptors (Lipinski definition) is 5. The minimum atomic E-state index is -4.59. The lowest BCUT2D eigenvalue weighted by molar-refractivity contribution is -0.137. The van der Waals surface area contributed by atoms with E-state index in [4.69, 9.17) is 0 Å². The molecule has 0 atom stereocenters. The van der Waals surface area contributed by atoms with Crippen molar-refractivity contribution < 1.29 is 21.6 Å². The third kappa shape index (κ3) is 3.97. The van der Waals surface area contributed by atoms with Crippen molar-refractivity contribution in [3.8, 4) is 6.07 Å². The first kappa shape index (κ1) is 21.2. The molecule has 0 bridgehead atoms. The maximum Gasteiger partial charge on any atom is 0.416 e. The molecule has 2 aromatic heterocycles. The Balaban J connectivity index is 1.48. The van der Waals surface area contributed by atoms with E-state index in [1.54, 1.807) is 6.20 Å². The van der Waals surface area contributed by atoms with E-state index in [1.165, 1.54) is 12.3 Å². The molecule has 1 fully saturated rings. The first-order chi connectivity index (χ1) is 14.6. The number of hydrogen-bond donors (Lipinski definition) is 1. The van der Waals surface area contributed by atoms with E-state index >= 15 is 0 Å². The van der Waals surface area contributed by atoms with Crippen molar-refractivity contribution >= 4 is 26.6 Å². The van der Waals surface area contributed by atoms with Crippen molar-refractivity contribution in [1.29, 1.82) is 5.26 Å². The van der Waals surface area contributed by atoms with Crippen LogP contribution >= 0.6 is 0 Å². The molecule has 0 saturated heterocycles. The average molecular weight is 448 g/mol. The van der Waals surface area contributed by atoms with E-state index in [0.717, 1.165) is 23.2 Å². The van der Waals surface area contributed by atoms with Gasteiger partial charge in [-0.15, -0.1) is 0 Å². The highest BCUT2D eigenvalue weighted by Crippen LogP contribution is 2.39. The van der Waals surface area contributed by atoms with E-state index in [9.17, 15) is 26.9 Å². The Morgan fingerprint density at radius 2 is 2.03 bits per heavy atom. The summed E-state index contributed by atoms with van der Waals surface area (Å²) in [6.45, 7) is 0. The number of aromatic nitrogens is 2. The van der Waals surface area contributed by atoms with Crippen LogP contribution in [-0.2, 0) is 16.0 Å². The van der Waals surface area contributed by atoms with E-state index in [-0.39, 0.29) is 22.6 Å². The molecule has 10 heteroatoms. The molecule has 1 aliphatic carbocycles. The number of nitriles is 1. The van der Waals surface area contributed by atoms with Crippen molar-refractivity contribution in [2.24, 2.45) is 5.92 Å². The van der Waals surface area contributed by atoms with E-state index in [2.05, 4.69) is 16.0 Å². The van der Waals surface area contributed by atoms with Gasteiger partial charge in [-0.3, -0.25) is 0 Å². The van der Waals surface area contributed by atoms with E-state index < -0.39 is 21.6 Å². The highest BCUT2D eigenvalue weighted by molar-refractivity contribution is 7.91. The Morgan fingerprint density at radius 3 is 2.71 bits per heavy atom. The molecule has 0 aliphatic heterocycles. The molecule has 31 heavy (non-hydrogen) atoms. The third-order valence-electron chi connectivity index (χ3n) is 5.77. The molecule has 1 N–H and O–H groups in total. The highest BCUT2D eigenvalue weighted by Gasteiger charge is 2.37. The van der Waals surface area contributed by atoms with E-state index in [0.29, 0.717) is 30.1 Å². The van der Waals surface area contributed by atoms with Gasteiger partial charge < -0.3 is 9.88 Å². The summed E-state index contributed by atoms with van der Waals surface area (Å²) >= 11 is 0. The van der Waals surface area contributed by atoms with Gasteiger partial charge in [0.05, 0.1) is 27.5 Å². The molecular formula is C21H19F3N4O2S. The van der Waals surface area contributed by atoms with Gasteiger partial charge in [0.25, 0.3) is 0 Å². The second-order valence-corrected chi connectivity index (χ2v) is 9.82. The monoisotopic (exact) mass is 448 g/mol. The van der Waals surface area contributed by atoms with E-state index in [1.807, 2.05) is 18.0 Å². The first-order valence-corrected chi connectivity index (χ1v) is 11.2. The Labute approximate surface area is 177 Å². The molecule has 0 spiro atoms. The number of nitrogens with one attached hydrogen (secondary N) is 1. The van der Waals surface area contributed by atoms with Gasteiger partial charge >= 0.3 is 6.18 Å². The number of rotatable bonds is 5. The summed E-state index contributed by atoms with van der Waals surface area (Å²) in [7, 11) is -1.99. The summed E-state index contributed by atoms with van der Waals surface area (Å²) in [5.41, 5.74) is 0.841. The summed E-state index contributed by atoms with van der Waals surface area (Å²) < 4.78 is 64.1. The molecule has 162 valence electrons. The van der Waals surface area contributed by atoms with Crippen LogP contribution in [0.3, 0.4) is 0 Å². The second kappa shape index (κ2) is 7.57. The smallest absolute Gasteiger partial charge is 0.370 e. The summed E-state index contributed by atoms with van der Waals surface area (Å²) in [6.07, 6.45) is -0.232. The predicted molar refractivity (Wildman–Crippen MR) is 109 cm³/mol. The number of nitrogens with zero attached hydrogens (tertiary/aromatic N) is 3. The van der Waals surface area contributed by atoms with Crippen LogP contribution in [0.5, 0.6) is 0 Å². The Bertz CT molecular complexity index is 1270. The minimum absolute atomic E-state index is 0.0225. The largest absolute Gasteiger partial charge is 0.416 e. The summed E-state index contributed by atoms with van der Waals surface area (Å²) in [4.78, 5) is 8.87. The Hall–Kier alpha value is -3.06. The van der Waals surface area contributed by atoms with Gasteiger partial charge in [-0.1, -0.05) is 6.07 Å². The van der Waals surface area contributed by atoms with Crippen molar-refractivity contribution in [3.63, 3.8) is 0 Å². The molecule has 4 rings (SSSR count). The summed E-state index contributed by atoms with van der Waals surface area (Å²) in [6, 6.07) is 7.86. The van der Waals surface area contributed by atoms with Gasteiger partial charge in [-0.2, -0.15) is 18.4 Å². The highest BCUT2D eigenvalue weighted by atomic mass is 32.2. The lowest BCUT2D eigenvalue weighted by atomic mass is 9.80. The quantitative estimate of drug-likeness (QED) is 0.634. The zero-order chi connectivity index (χ0) is 22.4. The molecule has 1 saturated carbocycles. The lowest BCUT2D eigenvalue weighted by Gasteiger charge is -2.42. The first-order valence-electron chi connectivity index (χ1n) is 9.59. The van der Waals surface area contributed by atoms with Crippen molar-refractivity contribution in [2.45, 2.75) is 30.0 Å². The van der Waals surface area contributed by atoms with Gasteiger partial charge in [0.15, 0.2) is 9.84 Å². The molecule has 0 unspecified atom stereocenters. The van der Waals surface area contributed by atoms with Crippen molar-refractivity contribution in [2.75, 3.05) is 17.7 Å². The van der Waals surface area contributed by atoms with Crippen LogP contribution in [0.1, 0.15) is 24.0 Å². The zero-order valence-electron chi connectivity index (χ0n) is 16.5. The summed E-state index contributed by atoms with van der Waals surface area (Å²) in [5, 5.41) is 10.3. The number of H-pyrrole nitrogens is 1. The fourth-order valence-corrected chi connectivity index (χ4v) is 5.74. The second-order valence-electron chi connectivity index (χ2n) is 7.78. The van der Waals surface area contributed by atoms with Crippen LogP contribution < -0.4 is 4.90 Å². The molecule has 6 nitrogen and oxygen atoms in total. The lowest BCUT2D eigenvalue weighted by Crippen LogP contribution is -2.45. The van der Waals surface area contributed by atoms with Crippen LogP contribution in [0.2, 0.25) is 0 Å². The van der Waals surface area contributed by atoms with Gasteiger partial charge in [0.2, 0.25) is 0 Å². The van der Waals surface area contributed by atoms with Gasteiger partial charge in [0.1, 0.15) is 11.7 Å². The van der Waals surface area contributed by atoms with Crippen molar-refractivity contribution in [3.05, 3.63) is 53.9 Å². The number of alkyl halides is 3. The molecule has 3 aromatic rings. The number of halogens is 3. The topological polar surface area (TPSA) is 89.8 Å². The normalized spacial score (nSPS) is 19.1. The van der Waals surface area contributed by atoms with Crippen molar-refractivity contribution in [1.82, 2.24) is 9.97 Å². The molecule has 2 heterocycles. The van der Waals surface area contributed by atoms with Crippen LogP contribution in [0, 0.1) is 17.2 Å². The van der Waals surface area contributed by atoms with Crippen LogP contribution in [0.25, 0.3) is 11.0 Å². The zero-order valence-corrected chi connectivity index (χ0v) is 17.3. The molecule has 1 aliphatic rings. The van der Waals surface area contributed by atoms with Gasteiger partial charge in [-0.05, 0) is 43.0 Å². The Morgan fingerprint density at radius 1 is 1.29 bits per heavy atom. The molecule has 0 radical (unpaired) electrons. The fraction of sp³-hybridized carbons (Fsp3) is 0.333. The number of sulfone groups is 1. The van der Waals surface area contributed by atoms with Crippen LogP contribution in [0.4, 0.5) is 18.9 Å². The van der Waals surface area contributed by atoms with Gasteiger partial charge in [0, 0.05) is 30.9 Å². The Kier molecular flexibility index (Phi) is 5.17. The maximum absolute atomic E-state index is 12.9. The van der Waals surface area contributed by atoms with Crippen LogP contribution in [0.15, 0.2) is 47.6 Å². The van der Waals surface area contributed by atoms with Gasteiger partial charge in [-0.25, -0.2) is 13.4 Å². The molecular weight excluding hydrogens is 429 g/mol. The number of aromatic amines is 1. The number of fused-ring (bicyclic) bond motifs is 1. The third-order valence-corrected chi connectivity index (χ3v) is 7.65. The standard InChI is InChI=1S/C21H19F3N4O2S/c1-28(19-14(10-25)11-27-20-18(19)5-6-26-20)16-7-13(8-16)12-31(29,30)17-4-2-3-15(9-17)21(22,23)24/h2-6,9,11,13,16H,7-8,12H2,1H3,(H,26,27). The summed E-state index contributed by atoms with van der Waals surface area (Å²) in [5.74, 6) is -0.374. The molecule has 1 aromatic carbocycles. The number of pyridine rings is 1. The fourth-order valence-electron chi connectivity index (χ4n) is 4.06. The predicted octanol–water partition coefficient (Wildman–Crippen LogP) is 4.14. The SMILES string of the molecule is CN(c1c(C#N)cnc2[nH]ccc12)C1CC(CS(=O)(=O)c2cccc(C(F)(F)F)c2)C1.